The third-order valence-electron chi connectivity index (χ3n) is 4.79. The van der Waals surface area contributed by atoms with Crippen molar-refractivity contribution in [2.75, 3.05) is 40.5 Å². The highest BCUT2D eigenvalue weighted by Crippen LogP contribution is 2.27. The van der Waals surface area contributed by atoms with E-state index in [1.165, 1.54) is 0 Å². The van der Waals surface area contributed by atoms with Crippen molar-refractivity contribution >= 4 is 10.0 Å². The fourth-order valence-corrected chi connectivity index (χ4v) is 4.57. The minimum absolute atomic E-state index is 0.231. The average Bonchev–Trinajstić information content (AvgIpc) is 3.00. The lowest BCUT2D eigenvalue weighted by molar-refractivity contribution is 0.141. The summed E-state index contributed by atoms with van der Waals surface area (Å²) < 4.78 is 38.5. The Labute approximate surface area is 145 Å². The molecule has 1 heterocycles. The number of benzene rings is 1. The zero-order chi connectivity index (χ0) is 17.7. The Bertz CT molecular complexity index is 661. The molecule has 7 heteroatoms. The van der Waals surface area contributed by atoms with Crippen molar-refractivity contribution < 1.29 is 17.9 Å². The normalized spacial score (nSPS) is 18.9. The molecule has 0 spiro atoms. The molecular weight excluding hydrogens is 328 g/mol. The van der Waals surface area contributed by atoms with E-state index in [0.717, 1.165) is 37.1 Å². The van der Waals surface area contributed by atoms with Crippen LogP contribution < -0.4 is 9.46 Å². The van der Waals surface area contributed by atoms with Gasteiger partial charge in [-0.1, -0.05) is 0 Å². The highest BCUT2D eigenvalue weighted by Gasteiger charge is 2.27. The predicted molar refractivity (Wildman–Crippen MR) is 94.1 cm³/mol. The number of hydrogen-bond donors (Lipinski definition) is 1. The minimum Gasteiger partial charge on any atom is -0.496 e. The maximum Gasteiger partial charge on any atom is 0.240 e. The van der Waals surface area contributed by atoms with Crippen LogP contribution >= 0.6 is 0 Å². The second-order valence-electron chi connectivity index (χ2n) is 6.19. The van der Waals surface area contributed by atoms with Gasteiger partial charge in [-0.25, -0.2) is 13.1 Å². The molecule has 24 heavy (non-hydrogen) atoms. The van der Waals surface area contributed by atoms with Crippen molar-refractivity contribution in [3.8, 4) is 5.75 Å². The lowest BCUT2D eigenvalue weighted by Crippen LogP contribution is -2.41. The number of likely N-dealkylation sites (tertiary alicyclic amines) is 1. The van der Waals surface area contributed by atoms with E-state index in [2.05, 4.69) is 9.62 Å². The molecule has 0 amide bonds. The van der Waals surface area contributed by atoms with Gasteiger partial charge in [0.05, 0.1) is 18.6 Å². The van der Waals surface area contributed by atoms with Gasteiger partial charge in [-0.05, 0) is 56.5 Å². The third-order valence-corrected chi connectivity index (χ3v) is 6.36. The highest BCUT2D eigenvalue weighted by atomic mass is 32.2. The Kier molecular flexibility index (Phi) is 6.62. The van der Waals surface area contributed by atoms with E-state index in [9.17, 15) is 8.42 Å². The number of nitrogens with one attached hydrogen (secondary N) is 1. The van der Waals surface area contributed by atoms with Crippen LogP contribution in [0.4, 0.5) is 0 Å². The molecule has 2 rings (SSSR count). The van der Waals surface area contributed by atoms with Gasteiger partial charge in [0.2, 0.25) is 10.0 Å². The molecule has 1 unspecified atom stereocenters. The molecule has 1 saturated heterocycles. The van der Waals surface area contributed by atoms with Crippen LogP contribution in [0.2, 0.25) is 0 Å². The second kappa shape index (κ2) is 8.29. The van der Waals surface area contributed by atoms with Crippen LogP contribution in [0.15, 0.2) is 17.0 Å². The number of sulfonamides is 1. The Morgan fingerprint density at radius 2 is 2.00 bits per heavy atom. The first-order valence-electron chi connectivity index (χ1n) is 8.27. The van der Waals surface area contributed by atoms with Gasteiger partial charge < -0.3 is 9.47 Å². The fraction of sp³-hybridized carbons (Fsp3) is 0.647. The van der Waals surface area contributed by atoms with E-state index in [-0.39, 0.29) is 6.04 Å². The van der Waals surface area contributed by atoms with E-state index in [0.29, 0.717) is 23.8 Å². The van der Waals surface area contributed by atoms with Gasteiger partial charge >= 0.3 is 0 Å². The second-order valence-corrected chi connectivity index (χ2v) is 7.93. The summed E-state index contributed by atoms with van der Waals surface area (Å²) in [4.78, 5) is 2.61. The molecule has 136 valence electrons. The fourth-order valence-electron chi connectivity index (χ4n) is 3.20. The van der Waals surface area contributed by atoms with E-state index in [4.69, 9.17) is 9.47 Å². The maximum atomic E-state index is 12.7. The van der Waals surface area contributed by atoms with Crippen molar-refractivity contribution in [1.29, 1.82) is 0 Å². The lowest BCUT2D eigenvalue weighted by Gasteiger charge is -2.24. The number of nitrogens with zero attached hydrogens (tertiary/aromatic N) is 1. The molecule has 1 atom stereocenters. The molecule has 1 aromatic rings. The summed E-state index contributed by atoms with van der Waals surface area (Å²) in [5, 5.41) is 0. The lowest BCUT2D eigenvalue weighted by atomic mass is 10.1. The van der Waals surface area contributed by atoms with Gasteiger partial charge in [0, 0.05) is 26.2 Å². The molecule has 6 nitrogen and oxygen atoms in total. The predicted octanol–water partition coefficient (Wildman–Crippen LogP) is 1.70. The smallest absolute Gasteiger partial charge is 0.240 e. The van der Waals surface area contributed by atoms with E-state index < -0.39 is 10.0 Å². The van der Waals surface area contributed by atoms with Gasteiger partial charge in [-0.15, -0.1) is 0 Å². The maximum absolute atomic E-state index is 12.7. The molecule has 0 bridgehead atoms. The molecular formula is C17H28N2O4S. The molecule has 1 aliphatic heterocycles. The minimum atomic E-state index is -3.53. The van der Waals surface area contributed by atoms with E-state index in [1.54, 1.807) is 26.4 Å². The highest BCUT2D eigenvalue weighted by molar-refractivity contribution is 7.89. The first kappa shape index (κ1) is 19.2. The number of rotatable bonds is 8. The van der Waals surface area contributed by atoms with Crippen molar-refractivity contribution in [2.24, 2.45) is 0 Å². The van der Waals surface area contributed by atoms with Crippen molar-refractivity contribution in [3.05, 3.63) is 23.3 Å². The third kappa shape index (κ3) is 4.27. The quantitative estimate of drug-likeness (QED) is 0.768. The number of hydrogen-bond acceptors (Lipinski definition) is 5. The first-order valence-corrected chi connectivity index (χ1v) is 9.76. The van der Waals surface area contributed by atoms with Crippen LogP contribution in [0.5, 0.6) is 5.75 Å². The monoisotopic (exact) mass is 356 g/mol. The summed E-state index contributed by atoms with van der Waals surface area (Å²) >= 11 is 0. The van der Waals surface area contributed by atoms with Crippen LogP contribution in [0.1, 0.15) is 24.0 Å². The molecule has 0 radical (unpaired) electrons. The van der Waals surface area contributed by atoms with Crippen LogP contribution in [0, 0.1) is 13.8 Å². The molecule has 0 aromatic heterocycles. The summed E-state index contributed by atoms with van der Waals surface area (Å²) in [5.41, 5.74) is 1.58. The molecule has 1 aromatic carbocycles. The van der Waals surface area contributed by atoms with E-state index >= 15 is 0 Å². The first-order chi connectivity index (χ1) is 11.4. The zero-order valence-corrected chi connectivity index (χ0v) is 15.8. The topological polar surface area (TPSA) is 67.9 Å². The van der Waals surface area contributed by atoms with Crippen LogP contribution in [-0.4, -0.2) is 59.8 Å². The van der Waals surface area contributed by atoms with Gasteiger partial charge in [-0.3, -0.25) is 4.90 Å². The van der Waals surface area contributed by atoms with Gasteiger partial charge in [-0.2, -0.15) is 0 Å². The molecule has 1 fully saturated rings. The van der Waals surface area contributed by atoms with Crippen LogP contribution in [-0.2, 0) is 14.8 Å². The SMILES string of the molecule is COCCN1CCCC1CNS(=O)(=O)c1ccc(OC)c(C)c1C. The largest absolute Gasteiger partial charge is 0.496 e. The number of methoxy groups -OCH3 is 2. The van der Waals surface area contributed by atoms with Crippen LogP contribution in [0.3, 0.4) is 0 Å². The van der Waals surface area contributed by atoms with Crippen molar-refractivity contribution in [2.45, 2.75) is 37.6 Å². The van der Waals surface area contributed by atoms with Crippen LogP contribution in [0.25, 0.3) is 0 Å². The number of ether oxygens (including phenoxy) is 2. The summed E-state index contributed by atoms with van der Waals surface area (Å²) in [6, 6.07) is 3.55. The van der Waals surface area contributed by atoms with Crippen molar-refractivity contribution in [1.82, 2.24) is 9.62 Å². The Hall–Kier alpha value is -1.15. The molecule has 1 N–H and O–H groups in total. The standard InChI is InChI=1S/C17H28N2O4S/c1-13-14(2)17(8-7-16(13)23-4)24(20,21)18-12-15-6-5-9-19(15)10-11-22-3/h7-8,15,18H,5-6,9-12H2,1-4H3. The Morgan fingerprint density at radius 3 is 2.67 bits per heavy atom. The Balaban J connectivity index is 2.08. The van der Waals surface area contributed by atoms with Gasteiger partial charge in [0.25, 0.3) is 0 Å². The van der Waals surface area contributed by atoms with Crippen molar-refractivity contribution in [3.63, 3.8) is 0 Å². The summed E-state index contributed by atoms with van der Waals surface area (Å²) in [7, 11) is -0.264. The molecule has 1 aliphatic rings. The Morgan fingerprint density at radius 1 is 1.25 bits per heavy atom. The van der Waals surface area contributed by atoms with Gasteiger partial charge in [0.15, 0.2) is 0 Å². The summed E-state index contributed by atoms with van der Waals surface area (Å²) in [5.74, 6) is 0.702. The summed E-state index contributed by atoms with van der Waals surface area (Å²) in [6.07, 6.45) is 2.10. The van der Waals surface area contributed by atoms with E-state index in [1.807, 2.05) is 13.8 Å². The molecule has 0 saturated carbocycles. The zero-order valence-electron chi connectivity index (χ0n) is 15.0. The summed E-state index contributed by atoms with van der Waals surface area (Å²) in [6.45, 7) is 6.61. The average molecular weight is 356 g/mol. The molecule has 0 aliphatic carbocycles. The van der Waals surface area contributed by atoms with Gasteiger partial charge in [0.1, 0.15) is 5.75 Å².